The van der Waals surface area contributed by atoms with Crippen molar-refractivity contribution >= 4 is 0 Å². The van der Waals surface area contributed by atoms with E-state index < -0.39 is 0 Å². The van der Waals surface area contributed by atoms with Crippen LogP contribution in [0.1, 0.15) is 18.1 Å². The quantitative estimate of drug-likeness (QED) is 0.772. The van der Waals surface area contributed by atoms with Crippen LogP contribution < -0.4 is 4.74 Å². The van der Waals surface area contributed by atoms with Gasteiger partial charge >= 0.3 is 0 Å². The Kier molecular flexibility index (Phi) is 3.76. The Labute approximate surface area is 101 Å². The molecular formula is C15H15FO. The highest BCUT2D eigenvalue weighted by Gasteiger charge is 2.04. The molecule has 0 heterocycles. The molecule has 88 valence electrons. The predicted octanol–water partition coefficient (Wildman–Crippen LogP) is 3.97. The zero-order chi connectivity index (χ0) is 12.1. The molecule has 2 aromatic carbocycles. The van der Waals surface area contributed by atoms with Crippen LogP contribution in [-0.2, 0) is 13.0 Å². The highest BCUT2D eigenvalue weighted by atomic mass is 19.1. The number of ether oxygens (including phenoxy) is 1. The molecule has 2 rings (SSSR count). The summed E-state index contributed by atoms with van der Waals surface area (Å²) in [5.41, 5.74) is 2.11. The molecule has 0 aromatic heterocycles. The lowest BCUT2D eigenvalue weighted by atomic mass is 10.1. The fourth-order valence-electron chi connectivity index (χ4n) is 1.61. The third-order valence-corrected chi connectivity index (χ3v) is 2.64. The summed E-state index contributed by atoms with van der Waals surface area (Å²) in [6, 6.07) is 14.8. The van der Waals surface area contributed by atoms with Crippen LogP contribution in [0.15, 0.2) is 48.5 Å². The zero-order valence-electron chi connectivity index (χ0n) is 9.82. The maximum Gasteiger partial charge on any atom is 0.165 e. The maximum absolute atomic E-state index is 13.5. The van der Waals surface area contributed by atoms with Gasteiger partial charge in [0.1, 0.15) is 6.61 Å². The van der Waals surface area contributed by atoms with Crippen LogP contribution in [0.2, 0.25) is 0 Å². The highest BCUT2D eigenvalue weighted by Crippen LogP contribution is 2.20. The Bertz CT molecular complexity index is 480. The number of benzene rings is 2. The Morgan fingerprint density at radius 2 is 1.76 bits per heavy atom. The zero-order valence-corrected chi connectivity index (χ0v) is 9.82. The monoisotopic (exact) mass is 230 g/mol. The summed E-state index contributed by atoms with van der Waals surface area (Å²) in [5, 5.41) is 0. The summed E-state index contributed by atoms with van der Waals surface area (Å²) in [6.07, 6.45) is 0.877. The first kappa shape index (κ1) is 11.6. The van der Waals surface area contributed by atoms with E-state index in [9.17, 15) is 4.39 Å². The molecule has 0 saturated heterocycles. The van der Waals surface area contributed by atoms with Crippen molar-refractivity contribution in [1.29, 1.82) is 0 Å². The van der Waals surface area contributed by atoms with E-state index in [0.29, 0.717) is 12.4 Å². The van der Waals surface area contributed by atoms with Gasteiger partial charge in [0.15, 0.2) is 11.6 Å². The van der Waals surface area contributed by atoms with Gasteiger partial charge in [0, 0.05) is 0 Å². The Morgan fingerprint density at radius 3 is 2.47 bits per heavy atom. The van der Waals surface area contributed by atoms with Crippen LogP contribution in [-0.4, -0.2) is 0 Å². The molecule has 0 unspecified atom stereocenters. The summed E-state index contributed by atoms with van der Waals surface area (Å²) in [7, 11) is 0. The number of rotatable bonds is 4. The molecule has 0 spiro atoms. The second-order valence-electron chi connectivity index (χ2n) is 3.89. The Morgan fingerprint density at radius 1 is 1.00 bits per heavy atom. The molecule has 0 radical (unpaired) electrons. The molecule has 0 N–H and O–H groups in total. The van der Waals surface area contributed by atoms with Crippen LogP contribution in [0.5, 0.6) is 5.75 Å². The molecular weight excluding hydrogens is 215 g/mol. The van der Waals surface area contributed by atoms with Crippen molar-refractivity contribution in [3.05, 3.63) is 65.5 Å². The standard InChI is InChI=1S/C15H15FO/c1-2-12-8-9-14(16)15(10-12)17-11-13-6-4-3-5-7-13/h3-10H,2,11H2,1H3. The summed E-state index contributed by atoms with van der Waals surface area (Å²) in [5.74, 6) is 0.0198. The first-order valence-corrected chi connectivity index (χ1v) is 5.74. The summed E-state index contributed by atoms with van der Waals surface area (Å²) >= 11 is 0. The summed E-state index contributed by atoms with van der Waals surface area (Å²) < 4.78 is 19.0. The predicted molar refractivity (Wildman–Crippen MR) is 66.6 cm³/mol. The van der Waals surface area contributed by atoms with Gasteiger partial charge < -0.3 is 4.74 Å². The van der Waals surface area contributed by atoms with Crippen molar-refractivity contribution in [2.24, 2.45) is 0 Å². The molecule has 1 nitrogen and oxygen atoms in total. The van der Waals surface area contributed by atoms with E-state index in [4.69, 9.17) is 4.74 Å². The Balaban J connectivity index is 2.08. The summed E-state index contributed by atoms with van der Waals surface area (Å²) in [6.45, 7) is 2.43. The van der Waals surface area contributed by atoms with Gasteiger partial charge in [-0.3, -0.25) is 0 Å². The average Bonchev–Trinajstić information content (AvgIpc) is 2.39. The smallest absolute Gasteiger partial charge is 0.165 e. The SMILES string of the molecule is CCc1ccc(F)c(OCc2ccccc2)c1. The van der Waals surface area contributed by atoms with Crippen molar-refractivity contribution in [3.63, 3.8) is 0 Å². The van der Waals surface area contributed by atoms with E-state index in [1.807, 2.05) is 37.3 Å². The van der Waals surface area contributed by atoms with Crippen molar-refractivity contribution in [1.82, 2.24) is 0 Å². The van der Waals surface area contributed by atoms with E-state index in [0.717, 1.165) is 17.5 Å². The molecule has 2 heteroatoms. The highest BCUT2D eigenvalue weighted by molar-refractivity contribution is 5.30. The van der Waals surface area contributed by atoms with Gasteiger partial charge in [-0.1, -0.05) is 43.3 Å². The van der Waals surface area contributed by atoms with Gasteiger partial charge in [0.25, 0.3) is 0 Å². The Hall–Kier alpha value is -1.83. The van der Waals surface area contributed by atoms with Crippen LogP contribution >= 0.6 is 0 Å². The van der Waals surface area contributed by atoms with Gasteiger partial charge in [0.2, 0.25) is 0 Å². The first-order valence-electron chi connectivity index (χ1n) is 5.74. The third kappa shape index (κ3) is 3.06. The lowest BCUT2D eigenvalue weighted by Gasteiger charge is -2.08. The van der Waals surface area contributed by atoms with E-state index in [-0.39, 0.29) is 5.82 Å². The molecule has 17 heavy (non-hydrogen) atoms. The van der Waals surface area contributed by atoms with Gasteiger partial charge in [-0.25, -0.2) is 4.39 Å². The van der Waals surface area contributed by atoms with Crippen molar-refractivity contribution in [2.75, 3.05) is 0 Å². The van der Waals surface area contributed by atoms with Crippen molar-refractivity contribution in [2.45, 2.75) is 20.0 Å². The fourth-order valence-corrected chi connectivity index (χ4v) is 1.61. The molecule has 0 saturated carbocycles. The second-order valence-corrected chi connectivity index (χ2v) is 3.89. The number of hydrogen-bond acceptors (Lipinski definition) is 1. The van der Waals surface area contributed by atoms with Gasteiger partial charge in [-0.15, -0.1) is 0 Å². The molecule has 0 bridgehead atoms. The first-order chi connectivity index (χ1) is 8.29. The van der Waals surface area contributed by atoms with Crippen LogP contribution in [0.25, 0.3) is 0 Å². The molecule has 0 fully saturated rings. The van der Waals surface area contributed by atoms with Crippen molar-refractivity contribution in [3.8, 4) is 5.75 Å². The van der Waals surface area contributed by atoms with Crippen LogP contribution in [0.3, 0.4) is 0 Å². The van der Waals surface area contributed by atoms with E-state index in [1.54, 1.807) is 12.1 Å². The lowest BCUT2D eigenvalue weighted by Crippen LogP contribution is -1.98. The van der Waals surface area contributed by atoms with E-state index in [1.165, 1.54) is 6.07 Å². The van der Waals surface area contributed by atoms with Gasteiger partial charge in [0.05, 0.1) is 0 Å². The molecule has 0 atom stereocenters. The molecule has 0 amide bonds. The molecule has 0 aliphatic rings. The van der Waals surface area contributed by atoms with Crippen molar-refractivity contribution < 1.29 is 9.13 Å². The minimum absolute atomic E-state index is 0.307. The number of aryl methyl sites for hydroxylation is 1. The molecule has 0 aliphatic heterocycles. The summed E-state index contributed by atoms with van der Waals surface area (Å²) in [4.78, 5) is 0. The number of hydrogen-bond donors (Lipinski definition) is 0. The van der Waals surface area contributed by atoms with E-state index >= 15 is 0 Å². The van der Waals surface area contributed by atoms with Crippen LogP contribution in [0.4, 0.5) is 4.39 Å². The maximum atomic E-state index is 13.5. The minimum Gasteiger partial charge on any atom is -0.486 e. The largest absolute Gasteiger partial charge is 0.486 e. The van der Waals surface area contributed by atoms with Gasteiger partial charge in [-0.05, 0) is 29.7 Å². The molecule has 2 aromatic rings. The molecule has 0 aliphatic carbocycles. The fraction of sp³-hybridized carbons (Fsp3) is 0.200. The normalized spacial score (nSPS) is 10.2. The topological polar surface area (TPSA) is 9.23 Å². The average molecular weight is 230 g/mol. The van der Waals surface area contributed by atoms with Crippen LogP contribution in [0, 0.1) is 5.82 Å². The number of halogens is 1. The van der Waals surface area contributed by atoms with Gasteiger partial charge in [-0.2, -0.15) is 0 Å². The van der Waals surface area contributed by atoms with E-state index in [2.05, 4.69) is 0 Å². The second kappa shape index (κ2) is 5.48. The third-order valence-electron chi connectivity index (χ3n) is 2.64. The minimum atomic E-state index is -0.307. The lowest BCUT2D eigenvalue weighted by molar-refractivity contribution is 0.290.